The first kappa shape index (κ1) is 14.9. The van der Waals surface area contributed by atoms with Crippen LogP contribution in [0.3, 0.4) is 0 Å². The van der Waals surface area contributed by atoms with Gasteiger partial charge in [0.25, 0.3) is 6.43 Å². The van der Waals surface area contributed by atoms with Gasteiger partial charge in [0.15, 0.2) is 0 Å². The Labute approximate surface area is 109 Å². The summed E-state index contributed by atoms with van der Waals surface area (Å²) in [6.45, 7) is 5.91. The summed E-state index contributed by atoms with van der Waals surface area (Å²) in [5, 5.41) is 6.25. The van der Waals surface area contributed by atoms with E-state index >= 15 is 0 Å². The van der Waals surface area contributed by atoms with Gasteiger partial charge in [-0.3, -0.25) is 9.48 Å². The number of nitrogens with zero attached hydrogens (tertiary/aromatic N) is 2. The van der Waals surface area contributed by atoms with E-state index in [2.05, 4.69) is 10.4 Å². The summed E-state index contributed by atoms with van der Waals surface area (Å²) in [5.41, 5.74) is -0.113. The largest absolute Gasteiger partial charge is 0.354 e. The Kier molecular flexibility index (Phi) is 5.07. The summed E-state index contributed by atoms with van der Waals surface area (Å²) in [7, 11) is 0. The van der Waals surface area contributed by atoms with Gasteiger partial charge in [0.05, 0.1) is 10.7 Å². The predicted octanol–water partition coefficient (Wildman–Crippen LogP) is 2.55. The van der Waals surface area contributed by atoms with Crippen LogP contribution < -0.4 is 5.32 Å². The maximum Gasteiger partial charge on any atom is 0.283 e. The van der Waals surface area contributed by atoms with Gasteiger partial charge in [0.1, 0.15) is 12.2 Å². The highest BCUT2D eigenvalue weighted by Crippen LogP contribution is 2.28. The molecular weight excluding hydrogens is 264 g/mol. The molecule has 0 radical (unpaired) electrons. The van der Waals surface area contributed by atoms with E-state index in [0.29, 0.717) is 18.2 Å². The Bertz CT molecular complexity index is 432. The van der Waals surface area contributed by atoms with Crippen molar-refractivity contribution in [2.24, 2.45) is 5.92 Å². The lowest BCUT2D eigenvalue weighted by atomic mass is 10.2. The van der Waals surface area contributed by atoms with Crippen LogP contribution in [0.15, 0.2) is 0 Å². The van der Waals surface area contributed by atoms with E-state index in [1.807, 2.05) is 13.8 Å². The fourth-order valence-electron chi connectivity index (χ4n) is 1.35. The molecule has 4 nitrogen and oxygen atoms in total. The minimum absolute atomic E-state index is 0.0818. The molecule has 1 aromatic rings. The molecule has 1 aromatic heterocycles. The maximum atomic E-state index is 12.6. The molecule has 0 aliphatic rings. The molecule has 0 aliphatic carbocycles. The molecule has 7 heteroatoms. The number of carbonyl (C=O) groups excluding carboxylic acids is 1. The number of hydrogen-bond acceptors (Lipinski definition) is 2. The lowest BCUT2D eigenvalue weighted by Gasteiger charge is -2.08. The zero-order chi connectivity index (χ0) is 13.9. The Morgan fingerprint density at radius 1 is 1.50 bits per heavy atom. The fourth-order valence-corrected chi connectivity index (χ4v) is 1.57. The van der Waals surface area contributed by atoms with Crippen molar-refractivity contribution >= 4 is 17.5 Å². The van der Waals surface area contributed by atoms with Gasteiger partial charge in [0.2, 0.25) is 5.91 Å². The average Bonchev–Trinajstić information content (AvgIpc) is 2.55. The molecule has 0 saturated carbocycles. The lowest BCUT2D eigenvalue weighted by molar-refractivity contribution is -0.122. The van der Waals surface area contributed by atoms with Crippen LogP contribution in [0.2, 0.25) is 5.02 Å². The van der Waals surface area contributed by atoms with Crippen LogP contribution in [0.25, 0.3) is 0 Å². The first-order chi connectivity index (χ1) is 8.32. The smallest absolute Gasteiger partial charge is 0.283 e. The van der Waals surface area contributed by atoms with Crippen molar-refractivity contribution in [2.75, 3.05) is 6.54 Å². The molecule has 0 spiro atoms. The third-order valence-corrected chi connectivity index (χ3v) is 2.83. The molecule has 0 aromatic carbocycles. The van der Waals surface area contributed by atoms with Gasteiger partial charge < -0.3 is 5.32 Å². The highest BCUT2D eigenvalue weighted by molar-refractivity contribution is 6.31. The van der Waals surface area contributed by atoms with Crippen molar-refractivity contribution in [2.45, 2.75) is 33.7 Å². The Hall–Kier alpha value is -1.17. The quantitative estimate of drug-likeness (QED) is 0.900. The summed E-state index contributed by atoms with van der Waals surface area (Å²) < 4.78 is 26.3. The minimum Gasteiger partial charge on any atom is -0.354 e. The second-order valence-electron chi connectivity index (χ2n) is 4.44. The number of amides is 1. The Morgan fingerprint density at radius 3 is 2.56 bits per heavy atom. The van der Waals surface area contributed by atoms with Gasteiger partial charge in [0, 0.05) is 6.54 Å². The third-order valence-electron chi connectivity index (χ3n) is 2.37. The van der Waals surface area contributed by atoms with Gasteiger partial charge in [-0.25, -0.2) is 8.78 Å². The summed E-state index contributed by atoms with van der Waals surface area (Å²) in [6, 6.07) is 0. The molecule has 0 atom stereocenters. The lowest BCUT2D eigenvalue weighted by Crippen LogP contribution is -2.31. The molecule has 0 fully saturated rings. The fraction of sp³-hybridized carbons (Fsp3) is 0.636. The van der Waals surface area contributed by atoms with E-state index in [1.54, 1.807) is 6.92 Å². The van der Waals surface area contributed by atoms with Crippen LogP contribution in [0.5, 0.6) is 0 Å². The van der Waals surface area contributed by atoms with Gasteiger partial charge >= 0.3 is 0 Å². The number of alkyl halides is 2. The molecule has 0 unspecified atom stereocenters. The van der Waals surface area contributed by atoms with E-state index in [1.165, 1.54) is 4.68 Å². The van der Waals surface area contributed by atoms with E-state index in [9.17, 15) is 13.6 Å². The van der Waals surface area contributed by atoms with Crippen LogP contribution in [0.4, 0.5) is 8.78 Å². The van der Waals surface area contributed by atoms with Crippen molar-refractivity contribution in [3.63, 3.8) is 0 Å². The van der Waals surface area contributed by atoms with Crippen LogP contribution in [0.1, 0.15) is 31.7 Å². The van der Waals surface area contributed by atoms with Gasteiger partial charge in [-0.05, 0) is 12.8 Å². The molecule has 1 N–H and O–H groups in total. The molecule has 18 heavy (non-hydrogen) atoms. The molecule has 0 bridgehead atoms. The van der Waals surface area contributed by atoms with Crippen LogP contribution in [-0.2, 0) is 11.3 Å². The van der Waals surface area contributed by atoms with Crippen LogP contribution >= 0.6 is 11.6 Å². The van der Waals surface area contributed by atoms with Crippen molar-refractivity contribution in [1.29, 1.82) is 0 Å². The number of rotatable bonds is 5. The standard InChI is InChI=1S/C11H16ClF2N3O/c1-6(2)4-15-8(18)5-17-7(3)9(12)10(16-17)11(13)14/h6,11H,4-5H2,1-3H3,(H,15,18). The highest BCUT2D eigenvalue weighted by Gasteiger charge is 2.21. The Balaban J connectivity index is 2.73. The SMILES string of the molecule is Cc1c(Cl)c(C(F)F)nn1CC(=O)NCC(C)C. The van der Waals surface area contributed by atoms with E-state index in [-0.39, 0.29) is 17.5 Å². The first-order valence-electron chi connectivity index (χ1n) is 5.60. The second-order valence-corrected chi connectivity index (χ2v) is 4.82. The summed E-state index contributed by atoms with van der Waals surface area (Å²) in [5.74, 6) is 0.0552. The number of carbonyl (C=O) groups is 1. The van der Waals surface area contributed by atoms with Crippen molar-refractivity contribution in [1.82, 2.24) is 15.1 Å². The van der Waals surface area contributed by atoms with E-state index < -0.39 is 12.1 Å². The molecular formula is C11H16ClF2N3O. The maximum absolute atomic E-state index is 12.6. The molecule has 102 valence electrons. The molecule has 1 amide bonds. The minimum atomic E-state index is -2.74. The topological polar surface area (TPSA) is 46.9 Å². The highest BCUT2D eigenvalue weighted by atomic mass is 35.5. The van der Waals surface area contributed by atoms with Crippen LogP contribution in [0, 0.1) is 12.8 Å². The predicted molar refractivity (Wildman–Crippen MR) is 64.8 cm³/mol. The van der Waals surface area contributed by atoms with E-state index in [4.69, 9.17) is 11.6 Å². The average molecular weight is 280 g/mol. The molecule has 1 heterocycles. The summed E-state index contributed by atoms with van der Waals surface area (Å²) in [6.07, 6.45) is -2.74. The van der Waals surface area contributed by atoms with E-state index in [0.717, 1.165) is 0 Å². The van der Waals surface area contributed by atoms with Gasteiger partial charge in [-0.15, -0.1) is 0 Å². The molecule has 0 aliphatic heterocycles. The van der Waals surface area contributed by atoms with Crippen molar-refractivity contribution in [3.8, 4) is 0 Å². The third kappa shape index (κ3) is 3.66. The van der Waals surface area contributed by atoms with Crippen LogP contribution in [-0.4, -0.2) is 22.2 Å². The van der Waals surface area contributed by atoms with Crippen molar-refractivity contribution < 1.29 is 13.6 Å². The van der Waals surface area contributed by atoms with Gasteiger partial charge in [-0.1, -0.05) is 25.4 Å². The first-order valence-corrected chi connectivity index (χ1v) is 5.98. The van der Waals surface area contributed by atoms with Crippen molar-refractivity contribution in [3.05, 3.63) is 16.4 Å². The number of nitrogens with one attached hydrogen (secondary N) is 1. The number of hydrogen-bond donors (Lipinski definition) is 1. The number of halogens is 3. The second kappa shape index (κ2) is 6.13. The zero-order valence-electron chi connectivity index (χ0n) is 10.5. The summed E-state index contributed by atoms with van der Waals surface area (Å²) in [4.78, 5) is 11.6. The molecule has 0 saturated heterocycles. The summed E-state index contributed by atoms with van der Waals surface area (Å²) >= 11 is 5.72. The molecule has 1 rings (SSSR count). The monoisotopic (exact) mass is 279 g/mol. The van der Waals surface area contributed by atoms with Gasteiger partial charge in [-0.2, -0.15) is 5.10 Å². The Morgan fingerprint density at radius 2 is 2.11 bits per heavy atom. The normalized spacial score (nSPS) is 11.3. The number of aromatic nitrogens is 2. The zero-order valence-corrected chi connectivity index (χ0v) is 11.3.